The highest BCUT2D eigenvalue weighted by Gasteiger charge is 2.07. The van der Waals surface area contributed by atoms with E-state index in [0.717, 1.165) is 5.69 Å². The van der Waals surface area contributed by atoms with Crippen molar-refractivity contribution in [1.82, 2.24) is 0 Å². The van der Waals surface area contributed by atoms with Gasteiger partial charge in [-0.3, -0.25) is 0 Å². The third-order valence-corrected chi connectivity index (χ3v) is 2.80. The van der Waals surface area contributed by atoms with Crippen LogP contribution in [0.1, 0.15) is 5.56 Å². The normalized spacial score (nSPS) is 10.3. The molecule has 0 saturated heterocycles. The van der Waals surface area contributed by atoms with Gasteiger partial charge in [0.25, 0.3) is 0 Å². The van der Waals surface area contributed by atoms with Gasteiger partial charge in [0.2, 0.25) is 0 Å². The van der Waals surface area contributed by atoms with E-state index in [-0.39, 0.29) is 12.4 Å². The summed E-state index contributed by atoms with van der Waals surface area (Å²) in [6.45, 7) is 0.138. The zero-order valence-electron chi connectivity index (χ0n) is 9.08. The van der Waals surface area contributed by atoms with E-state index >= 15 is 0 Å². The molecule has 0 saturated carbocycles. The molecule has 88 valence electrons. The summed E-state index contributed by atoms with van der Waals surface area (Å²) in [6.07, 6.45) is 0. The zero-order valence-corrected chi connectivity index (χ0v) is 9.84. The highest BCUT2D eigenvalue weighted by Crippen LogP contribution is 2.27. The van der Waals surface area contributed by atoms with Gasteiger partial charge in [0.05, 0.1) is 10.7 Å². The van der Waals surface area contributed by atoms with Crippen LogP contribution in [0.2, 0.25) is 5.02 Å². The number of para-hydroxylation sites is 1. The molecule has 0 atom stereocenters. The molecule has 2 aromatic rings. The fourth-order valence-corrected chi connectivity index (χ4v) is 1.77. The Morgan fingerprint density at radius 2 is 1.76 bits per heavy atom. The minimum Gasteiger partial charge on any atom is -0.354 e. The molecule has 0 aliphatic rings. The van der Waals surface area contributed by atoms with Gasteiger partial charge >= 0.3 is 0 Å². The van der Waals surface area contributed by atoms with Crippen LogP contribution in [-0.2, 0) is 6.54 Å². The van der Waals surface area contributed by atoms with Crippen molar-refractivity contribution in [3.8, 4) is 0 Å². The van der Waals surface area contributed by atoms with Crippen molar-refractivity contribution in [2.45, 2.75) is 6.54 Å². The maximum absolute atomic E-state index is 13.5. The second kappa shape index (κ2) is 5.17. The first-order chi connectivity index (χ1) is 8.22. The molecule has 0 aromatic heterocycles. The second-order valence-corrected chi connectivity index (χ2v) is 3.98. The van der Waals surface area contributed by atoms with Crippen molar-refractivity contribution in [2.24, 2.45) is 5.73 Å². The highest BCUT2D eigenvalue weighted by molar-refractivity contribution is 6.33. The molecule has 0 aliphatic carbocycles. The Hall–Kier alpha value is -1.58. The van der Waals surface area contributed by atoms with E-state index in [9.17, 15) is 4.39 Å². The molecule has 0 radical (unpaired) electrons. The number of halogens is 2. The molecule has 0 bridgehead atoms. The van der Waals surface area contributed by atoms with Gasteiger partial charge in [-0.15, -0.1) is 0 Å². The average molecular weight is 251 g/mol. The lowest BCUT2D eigenvalue weighted by Gasteiger charge is -2.12. The molecule has 4 heteroatoms. The predicted molar refractivity (Wildman–Crippen MR) is 69.0 cm³/mol. The third-order valence-electron chi connectivity index (χ3n) is 2.47. The van der Waals surface area contributed by atoms with Crippen LogP contribution >= 0.6 is 11.6 Å². The summed E-state index contributed by atoms with van der Waals surface area (Å²) in [6, 6.07) is 12.1. The molecule has 0 heterocycles. The summed E-state index contributed by atoms with van der Waals surface area (Å²) in [4.78, 5) is 0. The van der Waals surface area contributed by atoms with Crippen LogP contribution in [0, 0.1) is 5.82 Å². The molecule has 2 nitrogen and oxygen atoms in total. The van der Waals surface area contributed by atoms with Crippen molar-refractivity contribution < 1.29 is 4.39 Å². The quantitative estimate of drug-likeness (QED) is 0.872. The predicted octanol–water partition coefficient (Wildman–Crippen LogP) is 3.68. The van der Waals surface area contributed by atoms with Crippen LogP contribution in [0.5, 0.6) is 0 Å². The molecular weight excluding hydrogens is 239 g/mol. The molecule has 0 aliphatic heterocycles. The number of hydrogen-bond donors (Lipinski definition) is 2. The van der Waals surface area contributed by atoms with E-state index in [2.05, 4.69) is 5.32 Å². The Kier molecular flexibility index (Phi) is 3.61. The minimum atomic E-state index is -0.315. The highest BCUT2D eigenvalue weighted by atomic mass is 35.5. The smallest absolute Gasteiger partial charge is 0.129 e. The van der Waals surface area contributed by atoms with Gasteiger partial charge in [-0.05, 0) is 24.3 Å². The van der Waals surface area contributed by atoms with Crippen LogP contribution < -0.4 is 11.1 Å². The van der Waals surface area contributed by atoms with E-state index in [1.807, 2.05) is 18.2 Å². The number of anilines is 2. The first kappa shape index (κ1) is 11.9. The van der Waals surface area contributed by atoms with Crippen molar-refractivity contribution in [2.75, 3.05) is 5.32 Å². The summed E-state index contributed by atoms with van der Waals surface area (Å²) in [5.74, 6) is -0.315. The lowest BCUT2D eigenvalue weighted by molar-refractivity contribution is 0.611. The monoisotopic (exact) mass is 250 g/mol. The lowest BCUT2D eigenvalue weighted by atomic mass is 10.1. The number of rotatable bonds is 3. The summed E-state index contributed by atoms with van der Waals surface area (Å²) in [5.41, 5.74) is 7.35. The Balaban J connectivity index is 2.37. The minimum absolute atomic E-state index is 0.138. The van der Waals surface area contributed by atoms with E-state index in [4.69, 9.17) is 17.3 Å². The number of nitrogens with two attached hydrogens (primary N) is 1. The van der Waals surface area contributed by atoms with Crippen molar-refractivity contribution in [3.05, 3.63) is 58.9 Å². The maximum Gasteiger partial charge on any atom is 0.129 e. The molecule has 0 amide bonds. The Morgan fingerprint density at radius 1 is 1.06 bits per heavy atom. The van der Waals surface area contributed by atoms with Gasteiger partial charge in [0, 0.05) is 17.8 Å². The number of benzene rings is 2. The van der Waals surface area contributed by atoms with Gasteiger partial charge < -0.3 is 11.1 Å². The van der Waals surface area contributed by atoms with Gasteiger partial charge in [0.15, 0.2) is 0 Å². The van der Waals surface area contributed by atoms with E-state index in [1.54, 1.807) is 18.2 Å². The summed E-state index contributed by atoms with van der Waals surface area (Å²) in [7, 11) is 0. The number of hydrogen-bond acceptors (Lipinski definition) is 2. The summed E-state index contributed by atoms with van der Waals surface area (Å²) >= 11 is 6.02. The molecule has 3 N–H and O–H groups in total. The second-order valence-electron chi connectivity index (χ2n) is 3.57. The molecule has 0 unspecified atom stereocenters. The van der Waals surface area contributed by atoms with E-state index < -0.39 is 0 Å². The van der Waals surface area contributed by atoms with Crippen LogP contribution in [-0.4, -0.2) is 0 Å². The summed E-state index contributed by atoms with van der Waals surface area (Å²) < 4.78 is 13.5. The fraction of sp³-hybridized carbons (Fsp3) is 0.0769. The van der Waals surface area contributed by atoms with E-state index in [0.29, 0.717) is 16.3 Å². The molecule has 2 rings (SSSR count). The first-order valence-electron chi connectivity index (χ1n) is 5.21. The molecular formula is C13H12ClFN2. The topological polar surface area (TPSA) is 38.0 Å². The largest absolute Gasteiger partial charge is 0.354 e. The maximum atomic E-state index is 13.5. The van der Waals surface area contributed by atoms with Crippen LogP contribution in [0.4, 0.5) is 15.8 Å². The number of nitrogens with one attached hydrogen (secondary N) is 1. The molecule has 2 aromatic carbocycles. The van der Waals surface area contributed by atoms with Crippen molar-refractivity contribution in [3.63, 3.8) is 0 Å². The Bertz CT molecular complexity index is 529. The van der Waals surface area contributed by atoms with Gasteiger partial charge in [-0.2, -0.15) is 0 Å². The first-order valence-corrected chi connectivity index (χ1v) is 5.59. The van der Waals surface area contributed by atoms with E-state index in [1.165, 1.54) is 6.07 Å². The molecule has 0 fully saturated rings. The van der Waals surface area contributed by atoms with Gasteiger partial charge in [-0.1, -0.05) is 29.8 Å². The average Bonchev–Trinajstić information content (AvgIpc) is 2.32. The standard InChI is InChI=1S/C13H12ClFN2/c14-10-4-1-2-6-13(10)17-12-7-3-5-11(15)9(12)8-16/h1-7,17H,8,16H2. The zero-order chi connectivity index (χ0) is 12.3. The Labute approximate surface area is 104 Å². The van der Waals surface area contributed by atoms with Gasteiger partial charge in [-0.25, -0.2) is 4.39 Å². The van der Waals surface area contributed by atoms with Crippen LogP contribution in [0.15, 0.2) is 42.5 Å². The van der Waals surface area contributed by atoms with Crippen LogP contribution in [0.3, 0.4) is 0 Å². The molecule has 0 spiro atoms. The Morgan fingerprint density at radius 3 is 2.47 bits per heavy atom. The summed E-state index contributed by atoms with van der Waals surface area (Å²) in [5, 5.41) is 3.66. The van der Waals surface area contributed by atoms with Gasteiger partial charge in [0.1, 0.15) is 5.82 Å². The fourth-order valence-electron chi connectivity index (χ4n) is 1.59. The van der Waals surface area contributed by atoms with Crippen molar-refractivity contribution in [1.29, 1.82) is 0 Å². The molecule has 17 heavy (non-hydrogen) atoms. The van der Waals surface area contributed by atoms with Crippen molar-refractivity contribution >= 4 is 23.0 Å². The lowest BCUT2D eigenvalue weighted by Crippen LogP contribution is -2.04. The SMILES string of the molecule is NCc1c(F)cccc1Nc1ccccc1Cl. The van der Waals surface area contributed by atoms with Crippen LogP contribution in [0.25, 0.3) is 0 Å². The third kappa shape index (κ3) is 2.57.